The normalized spacial score (nSPS) is 11.6. The van der Waals surface area contributed by atoms with Crippen LogP contribution in [0.1, 0.15) is 60.0 Å². The van der Waals surface area contributed by atoms with E-state index in [2.05, 4.69) is 41.4 Å². The highest BCUT2D eigenvalue weighted by Crippen LogP contribution is 2.34. The van der Waals surface area contributed by atoms with Crippen molar-refractivity contribution in [3.05, 3.63) is 57.2 Å². The summed E-state index contributed by atoms with van der Waals surface area (Å²) in [5.74, 6) is 0.525. The van der Waals surface area contributed by atoms with Gasteiger partial charge in [0.25, 0.3) is 5.91 Å². The SMILES string of the molecule is CC(=O)NCc1ccc(-c2csc(NC(=O)c3sc4nc(C(C)(C)C)nc(C)c4c3C)n2)cc1. The second-order valence-electron chi connectivity index (χ2n) is 9.22. The highest BCUT2D eigenvalue weighted by molar-refractivity contribution is 7.21. The molecule has 7 nitrogen and oxygen atoms in total. The largest absolute Gasteiger partial charge is 0.352 e. The van der Waals surface area contributed by atoms with E-state index < -0.39 is 0 Å². The van der Waals surface area contributed by atoms with Crippen LogP contribution in [0.25, 0.3) is 21.5 Å². The number of benzene rings is 1. The summed E-state index contributed by atoms with van der Waals surface area (Å²) in [5, 5.41) is 9.13. The monoisotopic (exact) mass is 493 g/mol. The number of anilines is 1. The number of thiazole rings is 1. The van der Waals surface area contributed by atoms with Crippen LogP contribution in [0.5, 0.6) is 0 Å². The first-order valence-electron chi connectivity index (χ1n) is 10.9. The molecule has 0 aliphatic rings. The lowest BCUT2D eigenvalue weighted by Gasteiger charge is -2.16. The standard InChI is InChI=1S/C25H27N5O2S2/c1-13-19-14(2)27-23(25(4,5)6)30-22(19)34-20(13)21(32)29-24-28-18(12-33-24)17-9-7-16(8-10-17)11-26-15(3)31/h7-10,12H,11H2,1-6H3,(H,26,31)(H,28,29,32). The summed E-state index contributed by atoms with van der Waals surface area (Å²) < 4.78 is 0. The molecule has 0 bridgehead atoms. The van der Waals surface area contributed by atoms with Crippen LogP contribution in [-0.4, -0.2) is 26.8 Å². The van der Waals surface area contributed by atoms with Gasteiger partial charge in [0.05, 0.1) is 16.3 Å². The van der Waals surface area contributed by atoms with Crippen molar-refractivity contribution in [2.24, 2.45) is 0 Å². The highest BCUT2D eigenvalue weighted by Gasteiger charge is 2.24. The Balaban J connectivity index is 1.53. The van der Waals surface area contributed by atoms with E-state index in [9.17, 15) is 9.59 Å². The van der Waals surface area contributed by atoms with Crippen LogP contribution in [0.15, 0.2) is 29.6 Å². The molecule has 0 saturated carbocycles. The Morgan fingerprint density at radius 3 is 2.38 bits per heavy atom. The lowest BCUT2D eigenvalue weighted by atomic mass is 9.95. The van der Waals surface area contributed by atoms with Gasteiger partial charge in [0.2, 0.25) is 5.91 Å². The third kappa shape index (κ3) is 5.00. The van der Waals surface area contributed by atoms with Gasteiger partial charge < -0.3 is 5.32 Å². The fraction of sp³-hybridized carbons (Fsp3) is 0.320. The van der Waals surface area contributed by atoms with E-state index in [1.54, 1.807) is 0 Å². The minimum Gasteiger partial charge on any atom is -0.352 e. The summed E-state index contributed by atoms with van der Waals surface area (Å²) in [7, 11) is 0. The lowest BCUT2D eigenvalue weighted by Crippen LogP contribution is -2.18. The number of fused-ring (bicyclic) bond motifs is 1. The van der Waals surface area contributed by atoms with E-state index in [-0.39, 0.29) is 17.2 Å². The Morgan fingerprint density at radius 1 is 1.03 bits per heavy atom. The van der Waals surface area contributed by atoms with E-state index in [4.69, 9.17) is 4.98 Å². The Labute approximate surface area is 206 Å². The first-order valence-corrected chi connectivity index (χ1v) is 12.6. The quantitative estimate of drug-likeness (QED) is 0.376. The number of amides is 2. The summed E-state index contributed by atoms with van der Waals surface area (Å²) in [4.78, 5) is 39.7. The van der Waals surface area contributed by atoms with Crippen LogP contribution in [0.4, 0.5) is 5.13 Å². The molecule has 3 aromatic heterocycles. The summed E-state index contributed by atoms with van der Waals surface area (Å²) in [6.45, 7) is 12.1. The number of nitrogens with zero attached hydrogens (tertiary/aromatic N) is 3. The Kier molecular flexibility index (Phi) is 6.51. The topological polar surface area (TPSA) is 96.9 Å². The van der Waals surface area contributed by atoms with Crippen LogP contribution in [0, 0.1) is 13.8 Å². The molecule has 3 heterocycles. The van der Waals surface area contributed by atoms with E-state index >= 15 is 0 Å². The number of nitrogens with one attached hydrogen (secondary N) is 2. The van der Waals surface area contributed by atoms with Gasteiger partial charge in [0.1, 0.15) is 10.7 Å². The van der Waals surface area contributed by atoms with Crippen LogP contribution >= 0.6 is 22.7 Å². The molecule has 176 valence electrons. The first kappa shape index (κ1) is 24.0. The van der Waals surface area contributed by atoms with Crippen LogP contribution in [0.3, 0.4) is 0 Å². The van der Waals surface area contributed by atoms with E-state index in [0.717, 1.165) is 44.1 Å². The van der Waals surface area contributed by atoms with Gasteiger partial charge in [-0.05, 0) is 25.0 Å². The molecule has 0 aliphatic heterocycles. The maximum absolute atomic E-state index is 13.1. The molecule has 0 aliphatic carbocycles. The number of carbonyl (C=O) groups excluding carboxylic acids is 2. The molecule has 0 fully saturated rings. The lowest BCUT2D eigenvalue weighted by molar-refractivity contribution is -0.119. The molecule has 34 heavy (non-hydrogen) atoms. The molecular formula is C25H27N5O2S2. The molecule has 0 atom stereocenters. The van der Waals surface area contributed by atoms with E-state index in [0.29, 0.717) is 16.6 Å². The summed E-state index contributed by atoms with van der Waals surface area (Å²) >= 11 is 2.77. The highest BCUT2D eigenvalue weighted by atomic mass is 32.1. The predicted octanol–water partition coefficient (Wildman–Crippen LogP) is 5.62. The first-order chi connectivity index (χ1) is 16.0. The third-order valence-corrected chi connectivity index (χ3v) is 7.31. The Bertz CT molecular complexity index is 1380. The van der Waals surface area contributed by atoms with Crippen molar-refractivity contribution < 1.29 is 9.59 Å². The Hall–Kier alpha value is -3.17. The summed E-state index contributed by atoms with van der Waals surface area (Å²) in [5.41, 5.74) is 4.36. The minimum atomic E-state index is -0.191. The molecule has 1 aromatic carbocycles. The Morgan fingerprint density at radius 2 is 1.74 bits per heavy atom. The van der Waals surface area contributed by atoms with Gasteiger partial charge in [-0.15, -0.1) is 22.7 Å². The molecule has 4 rings (SSSR count). The summed E-state index contributed by atoms with van der Waals surface area (Å²) in [6, 6.07) is 7.84. The van der Waals surface area contributed by atoms with Crippen molar-refractivity contribution in [1.29, 1.82) is 0 Å². The number of rotatable bonds is 5. The molecule has 2 amide bonds. The average molecular weight is 494 g/mol. The van der Waals surface area contributed by atoms with Gasteiger partial charge >= 0.3 is 0 Å². The number of thiophene rings is 1. The zero-order valence-electron chi connectivity index (χ0n) is 20.1. The van der Waals surface area contributed by atoms with Crippen molar-refractivity contribution in [2.75, 3.05) is 5.32 Å². The smallest absolute Gasteiger partial charge is 0.267 e. The van der Waals surface area contributed by atoms with Gasteiger partial charge in [-0.1, -0.05) is 45.0 Å². The van der Waals surface area contributed by atoms with Gasteiger partial charge in [-0.25, -0.2) is 15.0 Å². The van der Waals surface area contributed by atoms with E-state index in [1.807, 2.05) is 43.5 Å². The van der Waals surface area contributed by atoms with Crippen molar-refractivity contribution in [2.45, 2.75) is 53.5 Å². The number of hydrogen-bond acceptors (Lipinski definition) is 7. The third-order valence-electron chi connectivity index (χ3n) is 5.36. The van der Waals surface area contributed by atoms with Crippen molar-refractivity contribution in [3.63, 3.8) is 0 Å². The van der Waals surface area contributed by atoms with Gasteiger partial charge in [0, 0.05) is 35.2 Å². The number of aryl methyl sites for hydroxylation is 2. The fourth-order valence-corrected chi connectivity index (χ4v) is 5.37. The number of carbonyl (C=O) groups is 2. The second-order valence-corrected chi connectivity index (χ2v) is 11.1. The zero-order valence-corrected chi connectivity index (χ0v) is 21.7. The molecule has 0 saturated heterocycles. The predicted molar refractivity (Wildman–Crippen MR) is 139 cm³/mol. The maximum atomic E-state index is 13.1. The minimum absolute atomic E-state index is 0.0605. The molecule has 9 heteroatoms. The summed E-state index contributed by atoms with van der Waals surface area (Å²) in [6.07, 6.45) is 0. The molecule has 4 aromatic rings. The van der Waals surface area contributed by atoms with Crippen LogP contribution in [0.2, 0.25) is 0 Å². The van der Waals surface area contributed by atoms with Crippen molar-refractivity contribution >= 4 is 49.8 Å². The number of aromatic nitrogens is 3. The van der Waals surface area contributed by atoms with Gasteiger partial charge in [-0.3, -0.25) is 14.9 Å². The molecular weight excluding hydrogens is 466 g/mol. The molecule has 0 unspecified atom stereocenters. The van der Waals surface area contributed by atoms with Gasteiger partial charge in [-0.2, -0.15) is 0 Å². The van der Waals surface area contributed by atoms with Crippen molar-refractivity contribution in [3.8, 4) is 11.3 Å². The maximum Gasteiger partial charge on any atom is 0.267 e. The van der Waals surface area contributed by atoms with Gasteiger partial charge in [0.15, 0.2) is 5.13 Å². The fourth-order valence-electron chi connectivity index (χ4n) is 3.53. The second kappa shape index (κ2) is 9.23. The van der Waals surface area contributed by atoms with Crippen molar-refractivity contribution in [1.82, 2.24) is 20.3 Å². The van der Waals surface area contributed by atoms with E-state index in [1.165, 1.54) is 29.6 Å². The molecule has 0 spiro atoms. The van der Waals surface area contributed by atoms with Crippen LogP contribution < -0.4 is 10.6 Å². The number of hydrogen-bond donors (Lipinski definition) is 2. The molecule has 0 radical (unpaired) electrons. The zero-order chi connectivity index (χ0) is 24.6. The van der Waals surface area contributed by atoms with Crippen LogP contribution in [-0.2, 0) is 16.8 Å². The average Bonchev–Trinajstić information content (AvgIpc) is 3.36. The molecule has 2 N–H and O–H groups in total.